The highest BCUT2D eigenvalue weighted by Crippen LogP contribution is 2.30. The SMILES string of the molecule is COCCNC(=O)c1ccc(NC(=O)c2cc([N+](=O)[O-])ccc2Oc2ccccc2)cc1Cl. The Kier molecular flexibility index (Phi) is 7.96. The van der Waals surface area contributed by atoms with Crippen LogP contribution in [0, 0.1) is 10.1 Å². The van der Waals surface area contributed by atoms with Crippen LogP contribution in [0.5, 0.6) is 11.5 Å². The zero-order valence-electron chi connectivity index (χ0n) is 17.5. The van der Waals surface area contributed by atoms with E-state index in [-0.39, 0.29) is 33.5 Å². The number of methoxy groups -OCH3 is 1. The molecule has 3 aromatic rings. The Balaban J connectivity index is 1.82. The summed E-state index contributed by atoms with van der Waals surface area (Å²) < 4.78 is 10.6. The Morgan fingerprint density at radius 3 is 2.42 bits per heavy atom. The van der Waals surface area contributed by atoms with E-state index in [1.165, 1.54) is 37.4 Å². The van der Waals surface area contributed by atoms with Gasteiger partial charge in [-0.05, 0) is 36.4 Å². The molecule has 10 heteroatoms. The van der Waals surface area contributed by atoms with Crippen LogP contribution in [0.1, 0.15) is 20.7 Å². The number of para-hydroxylation sites is 1. The highest BCUT2D eigenvalue weighted by molar-refractivity contribution is 6.34. The molecule has 0 aromatic heterocycles. The van der Waals surface area contributed by atoms with E-state index >= 15 is 0 Å². The van der Waals surface area contributed by atoms with Gasteiger partial charge in [0.15, 0.2) is 0 Å². The predicted octanol–water partition coefficient (Wildman–Crippen LogP) is 4.67. The first-order valence-electron chi connectivity index (χ1n) is 9.78. The molecule has 0 radical (unpaired) electrons. The summed E-state index contributed by atoms with van der Waals surface area (Å²) in [6.45, 7) is 0.676. The summed E-state index contributed by atoms with van der Waals surface area (Å²) in [7, 11) is 1.52. The summed E-state index contributed by atoms with van der Waals surface area (Å²) in [5.41, 5.74) is 0.233. The fourth-order valence-corrected chi connectivity index (χ4v) is 3.12. The average Bonchev–Trinajstić information content (AvgIpc) is 2.80. The van der Waals surface area contributed by atoms with Crippen LogP contribution in [0.3, 0.4) is 0 Å². The summed E-state index contributed by atoms with van der Waals surface area (Å²) in [6.07, 6.45) is 0. The fraction of sp³-hybridized carbons (Fsp3) is 0.130. The summed E-state index contributed by atoms with van der Waals surface area (Å²) >= 11 is 6.21. The zero-order chi connectivity index (χ0) is 23.8. The number of nitro benzene ring substituents is 1. The van der Waals surface area contributed by atoms with Gasteiger partial charge in [0, 0.05) is 31.5 Å². The van der Waals surface area contributed by atoms with E-state index in [4.69, 9.17) is 21.1 Å². The maximum absolute atomic E-state index is 13.0. The Labute approximate surface area is 194 Å². The van der Waals surface area contributed by atoms with Gasteiger partial charge in [0.05, 0.1) is 27.7 Å². The van der Waals surface area contributed by atoms with Gasteiger partial charge < -0.3 is 20.1 Å². The first-order valence-corrected chi connectivity index (χ1v) is 10.2. The quantitative estimate of drug-likeness (QED) is 0.267. The summed E-state index contributed by atoms with van der Waals surface area (Å²) in [5.74, 6) is -0.415. The Morgan fingerprint density at radius 2 is 1.76 bits per heavy atom. The van der Waals surface area contributed by atoms with Gasteiger partial charge in [0.1, 0.15) is 11.5 Å². The minimum Gasteiger partial charge on any atom is -0.457 e. The lowest BCUT2D eigenvalue weighted by Gasteiger charge is -2.12. The highest BCUT2D eigenvalue weighted by Gasteiger charge is 2.19. The second-order valence-corrected chi connectivity index (χ2v) is 7.16. The number of hydrogen-bond donors (Lipinski definition) is 2. The molecule has 0 heterocycles. The van der Waals surface area contributed by atoms with E-state index in [9.17, 15) is 19.7 Å². The lowest BCUT2D eigenvalue weighted by Crippen LogP contribution is -2.27. The van der Waals surface area contributed by atoms with Crippen molar-refractivity contribution in [3.63, 3.8) is 0 Å². The normalized spacial score (nSPS) is 10.4. The van der Waals surface area contributed by atoms with Gasteiger partial charge >= 0.3 is 0 Å². The van der Waals surface area contributed by atoms with Crippen molar-refractivity contribution < 1.29 is 24.0 Å². The van der Waals surface area contributed by atoms with E-state index in [1.54, 1.807) is 24.3 Å². The van der Waals surface area contributed by atoms with Gasteiger partial charge in [0.25, 0.3) is 17.5 Å². The topological polar surface area (TPSA) is 120 Å². The number of carbonyl (C=O) groups excluding carboxylic acids is 2. The molecule has 0 unspecified atom stereocenters. The van der Waals surface area contributed by atoms with Crippen molar-refractivity contribution >= 4 is 34.8 Å². The number of nitrogens with one attached hydrogen (secondary N) is 2. The predicted molar refractivity (Wildman–Crippen MR) is 123 cm³/mol. The van der Waals surface area contributed by atoms with Gasteiger partial charge in [-0.25, -0.2) is 0 Å². The van der Waals surface area contributed by atoms with Crippen molar-refractivity contribution in [1.29, 1.82) is 0 Å². The molecule has 170 valence electrons. The van der Waals surface area contributed by atoms with Crippen molar-refractivity contribution in [2.24, 2.45) is 0 Å². The molecular formula is C23H20ClN3O6. The number of anilines is 1. The maximum atomic E-state index is 13.0. The molecule has 0 saturated carbocycles. The molecule has 0 bridgehead atoms. The minimum atomic E-state index is -0.641. The van der Waals surface area contributed by atoms with Crippen molar-refractivity contribution in [1.82, 2.24) is 5.32 Å². The number of rotatable bonds is 9. The summed E-state index contributed by atoms with van der Waals surface area (Å²) in [4.78, 5) is 35.8. The molecular weight excluding hydrogens is 450 g/mol. The molecule has 0 aliphatic heterocycles. The summed E-state index contributed by atoms with van der Waals surface area (Å²) in [6, 6.07) is 16.8. The van der Waals surface area contributed by atoms with E-state index in [0.29, 0.717) is 24.6 Å². The van der Waals surface area contributed by atoms with Crippen LogP contribution in [-0.4, -0.2) is 37.0 Å². The van der Waals surface area contributed by atoms with Crippen LogP contribution in [0.4, 0.5) is 11.4 Å². The number of benzene rings is 3. The second-order valence-electron chi connectivity index (χ2n) is 6.75. The summed E-state index contributed by atoms with van der Waals surface area (Å²) in [5, 5.41) is 16.6. The first-order chi connectivity index (χ1) is 15.9. The number of hydrogen-bond acceptors (Lipinski definition) is 6. The minimum absolute atomic E-state index is 0.0365. The number of carbonyl (C=O) groups is 2. The van der Waals surface area contributed by atoms with E-state index in [0.717, 1.165) is 6.07 Å². The maximum Gasteiger partial charge on any atom is 0.270 e. The van der Waals surface area contributed by atoms with Gasteiger partial charge in [-0.3, -0.25) is 19.7 Å². The lowest BCUT2D eigenvalue weighted by molar-refractivity contribution is -0.384. The molecule has 0 fully saturated rings. The Bertz CT molecular complexity index is 1170. The van der Waals surface area contributed by atoms with Crippen molar-refractivity contribution in [2.45, 2.75) is 0 Å². The molecule has 3 aromatic carbocycles. The third-order valence-electron chi connectivity index (χ3n) is 4.45. The van der Waals surface area contributed by atoms with Crippen LogP contribution in [0.2, 0.25) is 5.02 Å². The van der Waals surface area contributed by atoms with Crippen LogP contribution in [-0.2, 0) is 4.74 Å². The third-order valence-corrected chi connectivity index (χ3v) is 4.77. The fourth-order valence-electron chi connectivity index (χ4n) is 2.85. The van der Waals surface area contributed by atoms with Crippen LogP contribution >= 0.6 is 11.6 Å². The zero-order valence-corrected chi connectivity index (χ0v) is 18.3. The van der Waals surface area contributed by atoms with E-state index in [2.05, 4.69) is 10.6 Å². The Hall–Kier alpha value is -3.95. The number of ether oxygens (including phenoxy) is 2. The van der Waals surface area contributed by atoms with Crippen molar-refractivity contribution in [3.05, 3.63) is 93.0 Å². The van der Waals surface area contributed by atoms with Crippen LogP contribution in [0.25, 0.3) is 0 Å². The van der Waals surface area contributed by atoms with Gasteiger partial charge in [-0.2, -0.15) is 0 Å². The first kappa shape index (κ1) is 23.7. The van der Waals surface area contributed by atoms with Gasteiger partial charge in [-0.1, -0.05) is 29.8 Å². The highest BCUT2D eigenvalue weighted by atomic mass is 35.5. The molecule has 0 aliphatic rings. The monoisotopic (exact) mass is 469 g/mol. The number of nitrogens with zero attached hydrogens (tertiary/aromatic N) is 1. The number of halogens is 1. The standard InChI is InChI=1S/C23H20ClN3O6/c1-32-12-11-25-22(28)18-9-7-15(13-20(18)24)26-23(29)19-14-16(27(30)31)8-10-21(19)33-17-5-3-2-4-6-17/h2-10,13-14H,11-12H2,1H3,(H,25,28)(H,26,29). The molecule has 9 nitrogen and oxygen atoms in total. The Morgan fingerprint density at radius 1 is 1.00 bits per heavy atom. The largest absolute Gasteiger partial charge is 0.457 e. The van der Waals surface area contributed by atoms with Gasteiger partial charge in [-0.15, -0.1) is 0 Å². The molecule has 0 aliphatic carbocycles. The second kappa shape index (κ2) is 11.1. The van der Waals surface area contributed by atoms with Crippen LogP contribution < -0.4 is 15.4 Å². The lowest BCUT2D eigenvalue weighted by atomic mass is 10.1. The molecule has 3 rings (SSSR count). The smallest absolute Gasteiger partial charge is 0.270 e. The molecule has 0 atom stereocenters. The molecule has 0 saturated heterocycles. The molecule has 33 heavy (non-hydrogen) atoms. The number of amides is 2. The third kappa shape index (κ3) is 6.28. The van der Waals surface area contributed by atoms with E-state index in [1.807, 2.05) is 6.07 Å². The number of non-ortho nitro benzene ring substituents is 1. The average molecular weight is 470 g/mol. The van der Waals surface area contributed by atoms with Crippen LogP contribution in [0.15, 0.2) is 66.7 Å². The molecule has 2 N–H and O–H groups in total. The van der Waals surface area contributed by atoms with Crippen molar-refractivity contribution in [2.75, 3.05) is 25.6 Å². The van der Waals surface area contributed by atoms with E-state index < -0.39 is 10.8 Å². The molecule has 2 amide bonds. The number of nitro groups is 1. The van der Waals surface area contributed by atoms with Gasteiger partial charge in [0.2, 0.25) is 0 Å². The van der Waals surface area contributed by atoms with Crippen molar-refractivity contribution in [3.8, 4) is 11.5 Å². The molecule has 0 spiro atoms.